The third-order valence-corrected chi connectivity index (χ3v) is 5.58. The van der Waals surface area contributed by atoms with Gasteiger partial charge >= 0.3 is 6.03 Å². The summed E-state index contributed by atoms with van der Waals surface area (Å²) in [5.41, 5.74) is 1.78. The smallest absolute Gasteiger partial charge is 0.321 e. The first kappa shape index (κ1) is 15.7. The van der Waals surface area contributed by atoms with Crippen LogP contribution in [0.5, 0.6) is 0 Å². The topological polar surface area (TPSA) is 70.2 Å². The van der Waals surface area contributed by atoms with Gasteiger partial charge in [-0.05, 0) is 38.8 Å². The zero-order chi connectivity index (χ0) is 15.3. The van der Waals surface area contributed by atoms with Crippen LogP contribution in [0, 0.1) is 0 Å². The van der Waals surface area contributed by atoms with Crippen molar-refractivity contribution in [3.8, 4) is 0 Å². The van der Waals surface area contributed by atoms with E-state index in [0.29, 0.717) is 5.13 Å². The van der Waals surface area contributed by atoms with Crippen molar-refractivity contribution in [3.05, 3.63) is 5.51 Å². The monoisotopic (exact) mass is 323 g/mol. The number of aromatic nitrogens is 2. The Morgan fingerprint density at radius 2 is 1.91 bits per heavy atom. The Hall–Kier alpha value is -1.21. The van der Waals surface area contributed by atoms with Crippen molar-refractivity contribution < 1.29 is 4.79 Å². The minimum absolute atomic E-state index is 0.164. The molecule has 1 aromatic rings. The van der Waals surface area contributed by atoms with E-state index in [-0.39, 0.29) is 11.6 Å². The molecule has 122 valence electrons. The molecule has 0 unspecified atom stereocenters. The van der Waals surface area contributed by atoms with E-state index in [2.05, 4.69) is 25.7 Å². The van der Waals surface area contributed by atoms with Gasteiger partial charge in [0.15, 0.2) is 0 Å². The predicted octanol–water partition coefficient (Wildman–Crippen LogP) is 2.85. The standard InChI is InChI=1S/C15H25N5OS/c21-13(18-14-19-17-12-22-14)16-11-15(7-3-1-4-8-15)20-9-5-2-6-10-20/h12H,1-11H2,(H2,16,18,19,21). The Labute approximate surface area is 135 Å². The van der Waals surface area contributed by atoms with Crippen LogP contribution in [-0.2, 0) is 0 Å². The van der Waals surface area contributed by atoms with Crippen molar-refractivity contribution in [2.24, 2.45) is 0 Å². The molecule has 6 nitrogen and oxygen atoms in total. The van der Waals surface area contributed by atoms with Crippen LogP contribution in [0.15, 0.2) is 5.51 Å². The predicted molar refractivity (Wildman–Crippen MR) is 88.2 cm³/mol. The minimum Gasteiger partial charge on any atom is -0.336 e. The Morgan fingerprint density at radius 1 is 1.18 bits per heavy atom. The molecule has 0 aromatic carbocycles. The number of rotatable bonds is 4. The molecular formula is C15H25N5OS. The number of carbonyl (C=O) groups excluding carboxylic acids is 1. The third-order valence-electron chi connectivity index (χ3n) is 4.97. The molecule has 1 saturated carbocycles. The number of likely N-dealkylation sites (tertiary alicyclic amines) is 1. The summed E-state index contributed by atoms with van der Waals surface area (Å²) in [7, 11) is 0. The molecule has 2 aliphatic rings. The normalized spacial score (nSPS) is 22.2. The lowest BCUT2D eigenvalue weighted by atomic mass is 9.79. The molecule has 0 radical (unpaired) electrons. The van der Waals surface area contributed by atoms with Gasteiger partial charge in [-0.15, -0.1) is 10.2 Å². The van der Waals surface area contributed by atoms with Crippen LogP contribution in [0.1, 0.15) is 51.4 Å². The molecule has 2 fully saturated rings. The van der Waals surface area contributed by atoms with E-state index < -0.39 is 0 Å². The second-order valence-electron chi connectivity index (χ2n) is 6.38. The van der Waals surface area contributed by atoms with Gasteiger partial charge in [-0.25, -0.2) is 4.79 Å². The number of piperidine rings is 1. The molecule has 0 bridgehead atoms. The van der Waals surface area contributed by atoms with Gasteiger partial charge in [-0.1, -0.05) is 37.0 Å². The molecule has 1 saturated heterocycles. The van der Waals surface area contributed by atoms with Crippen molar-refractivity contribution in [3.63, 3.8) is 0 Å². The Kier molecular flexibility index (Phi) is 5.25. The Bertz CT molecular complexity index is 466. The minimum atomic E-state index is -0.168. The highest BCUT2D eigenvalue weighted by atomic mass is 32.1. The van der Waals surface area contributed by atoms with Crippen LogP contribution in [0.25, 0.3) is 0 Å². The van der Waals surface area contributed by atoms with Crippen molar-refractivity contribution in [2.75, 3.05) is 25.0 Å². The molecule has 0 atom stereocenters. The van der Waals surface area contributed by atoms with E-state index in [0.717, 1.165) is 6.54 Å². The van der Waals surface area contributed by atoms with Crippen molar-refractivity contribution >= 4 is 22.5 Å². The molecule has 2 amide bonds. The SMILES string of the molecule is O=C(NCC1(N2CCCCC2)CCCCC1)Nc1nncs1. The molecule has 3 rings (SSSR count). The zero-order valence-corrected chi connectivity index (χ0v) is 13.8. The fraction of sp³-hybridized carbons (Fsp3) is 0.800. The van der Waals surface area contributed by atoms with E-state index in [1.54, 1.807) is 5.51 Å². The van der Waals surface area contributed by atoms with Gasteiger partial charge in [-0.2, -0.15) is 0 Å². The van der Waals surface area contributed by atoms with Gasteiger partial charge in [0, 0.05) is 12.1 Å². The van der Waals surface area contributed by atoms with Crippen LogP contribution in [0.2, 0.25) is 0 Å². The molecule has 22 heavy (non-hydrogen) atoms. The average molecular weight is 323 g/mol. The lowest BCUT2D eigenvalue weighted by Gasteiger charge is -2.48. The number of amides is 2. The number of urea groups is 1. The number of hydrogen-bond acceptors (Lipinski definition) is 5. The largest absolute Gasteiger partial charge is 0.336 e. The van der Waals surface area contributed by atoms with Crippen LogP contribution in [0.4, 0.5) is 9.93 Å². The van der Waals surface area contributed by atoms with Crippen molar-refractivity contribution in [1.82, 2.24) is 20.4 Å². The lowest BCUT2D eigenvalue weighted by Crippen LogP contribution is -2.58. The van der Waals surface area contributed by atoms with Crippen LogP contribution in [0.3, 0.4) is 0 Å². The number of nitrogens with one attached hydrogen (secondary N) is 2. The lowest BCUT2D eigenvalue weighted by molar-refractivity contribution is 0.0358. The summed E-state index contributed by atoms with van der Waals surface area (Å²) in [5, 5.41) is 14.0. The van der Waals surface area contributed by atoms with E-state index in [9.17, 15) is 4.79 Å². The summed E-state index contributed by atoms with van der Waals surface area (Å²) in [6.45, 7) is 3.09. The van der Waals surface area contributed by atoms with Gasteiger partial charge in [0.2, 0.25) is 5.13 Å². The van der Waals surface area contributed by atoms with Crippen LogP contribution in [-0.4, -0.2) is 46.3 Å². The molecule has 2 N–H and O–H groups in total. The third kappa shape index (κ3) is 3.76. The Balaban J connectivity index is 1.58. The highest BCUT2D eigenvalue weighted by molar-refractivity contribution is 7.13. The highest BCUT2D eigenvalue weighted by Gasteiger charge is 2.38. The molecule has 0 spiro atoms. The second kappa shape index (κ2) is 7.37. The zero-order valence-electron chi connectivity index (χ0n) is 13.0. The van der Waals surface area contributed by atoms with Crippen LogP contribution < -0.4 is 10.6 Å². The fourth-order valence-corrected chi connectivity index (χ4v) is 4.24. The van der Waals surface area contributed by atoms with E-state index in [1.807, 2.05) is 0 Å². The molecule has 1 aliphatic heterocycles. The number of carbonyl (C=O) groups is 1. The van der Waals surface area contributed by atoms with Crippen molar-refractivity contribution in [1.29, 1.82) is 0 Å². The maximum atomic E-state index is 12.1. The van der Waals surface area contributed by atoms with Gasteiger partial charge in [0.1, 0.15) is 5.51 Å². The van der Waals surface area contributed by atoms with Crippen molar-refractivity contribution in [2.45, 2.75) is 56.9 Å². The summed E-state index contributed by atoms with van der Waals surface area (Å²) in [6.07, 6.45) is 10.2. The first-order valence-electron chi connectivity index (χ1n) is 8.35. The number of nitrogens with zero attached hydrogens (tertiary/aromatic N) is 3. The molecular weight excluding hydrogens is 298 g/mol. The highest BCUT2D eigenvalue weighted by Crippen LogP contribution is 2.35. The molecule has 1 aromatic heterocycles. The fourth-order valence-electron chi connectivity index (χ4n) is 3.80. The second-order valence-corrected chi connectivity index (χ2v) is 7.22. The number of hydrogen-bond donors (Lipinski definition) is 2. The van der Waals surface area contributed by atoms with E-state index in [4.69, 9.17) is 0 Å². The van der Waals surface area contributed by atoms with Gasteiger partial charge in [-0.3, -0.25) is 10.2 Å². The van der Waals surface area contributed by atoms with Gasteiger partial charge in [0.05, 0.1) is 0 Å². The average Bonchev–Trinajstić information content (AvgIpc) is 3.08. The number of anilines is 1. The summed E-state index contributed by atoms with van der Waals surface area (Å²) in [4.78, 5) is 14.7. The summed E-state index contributed by atoms with van der Waals surface area (Å²) >= 11 is 1.34. The van der Waals surface area contributed by atoms with E-state index in [1.165, 1.54) is 75.8 Å². The van der Waals surface area contributed by atoms with Gasteiger partial charge in [0.25, 0.3) is 0 Å². The van der Waals surface area contributed by atoms with Crippen LogP contribution >= 0.6 is 11.3 Å². The summed E-state index contributed by atoms with van der Waals surface area (Å²) < 4.78 is 0. The first-order chi connectivity index (χ1) is 10.8. The quantitative estimate of drug-likeness (QED) is 0.894. The molecule has 2 heterocycles. The summed E-state index contributed by atoms with van der Waals surface area (Å²) in [6, 6.07) is -0.168. The maximum Gasteiger partial charge on any atom is 0.321 e. The summed E-state index contributed by atoms with van der Waals surface area (Å²) in [5.74, 6) is 0. The Morgan fingerprint density at radius 3 is 2.59 bits per heavy atom. The molecule has 1 aliphatic carbocycles. The van der Waals surface area contributed by atoms with E-state index >= 15 is 0 Å². The molecule has 7 heteroatoms. The first-order valence-corrected chi connectivity index (χ1v) is 9.23. The maximum absolute atomic E-state index is 12.1. The van der Waals surface area contributed by atoms with Gasteiger partial charge < -0.3 is 5.32 Å².